The van der Waals surface area contributed by atoms with Gasteiger partial charge in [0, 0.05) is 0 Å². The van der Waals surface area contributed by atoms with E-state index in [1.165, 1.54) is 11.3 Å². The molecule has 10 nitrogen and oxygen atoms in total. The summed E-state index contributed by atoms with van der Waals surface area (Å²) in [7, 11) is 1.57. The molecule has 46 heavy (non-hydrogen) atoms. The first kappa shape index (κ1) is 31.0. The fourth-order valence-corrected chi connectivity index (χ4v) is 6.39. The molecule has 3 aromatic carbocycles. The lowest BCUT2D eigenvalue weighted by Crippen LogP contribution is -2.39. The third-order valence-electron chi connectivity index (χ3n) is 7.40. The van der Waals surface area contributed by atoms with Crippen molar-refractivity contribution < 1.29 is 33.2 Å². The summed E-state index contributed by atoms with van der Waals surface area (Å²) in [6.45, 7) is 8.13. The molecule has 3 heterocycles. The molecular formula is C35H34N2O8S. The van der Waals surface area contributed by atoms with Crippen molar-refractivity contribution in [3.05, 3.63) is 108 Å². The molecule has 0 saturated heterocycles. The number of thiazole rings is 1. The summed E-state index contributed by atoms with van der Waals surface area (Å²) in [5.74, 6) is 2.66. The summed E-state index contributed by atoms with van der Waals surface area (Å²) in [5, 5.41) is 0. The zero-order valence-corrected chi connectivity index (χ0v) is 27.0. The van der Waals surface area contributed by atoms with Crippen LogP contribution >= 0.6 is 11.3 Å². The van der Waals surface area contributed by atoms with Crippen LogP contribution in [-0.2, 0) is 16.1 Å². The molecule has 4 aromatic rings. The van der Waals surface area contributed by atoms with Crippen molar-refractivity contribution in [1.29, 1.82) is 0 Å². The van der Waals surface area contributed by atoms with Gasteiger partial charge in [0.15, 0.2) is 27.8 Å². The van der Waals surface area contributed by atoms with Crippen molar-refractivity contribution in [2.24, 2.45) is 4.99 Å². The number of rotatable bonds is 10. The lowest BCUT2D eigenvalue weighted by atomic mass is 9.96. The van der Waals surface area contributed by atoms with E-state index in [0.29, 0.717) is 56.0 Å². The minimum atomic E-state index is -0.716. The minimum absolute atomic E-state index is 0.00933. The molecular weight excluding hydrogens is 608 g/mol. The Hall–Kier alpha value is -5.03. The molecule has 0 aliphatic carbocycles. The lowest BCUT2D eigenvalue weighted by molar-refractivity contribution is -0.139. The van der Waals surface area contributed by atoms with Gasteiger partial charge >= 0.3 is 5.97 Å². The van der Waals surface area contributed by atoms with E-state index >= 15 is 0 Å². The Bertz CT molecular complexity index is 1990. The Labute approximate surface area is 269 Å². The highest BCUT2D eigenvalue weighted by Gasteiger charge is 2.33. The smallest absolute Gasteiger partial charge is 0.338 e. The highest BCUT2D eigenvalue weighted by Crippen LogP contribution is 2.35. The van der Waals surface area contributed by atoms with Gasteiger partial charge in [-0.1, -0.05) is 35.6 Å². The SMILES string of the molecule is CCOC(=O)C1=C(C)N=c2s/c(=C\c3ccc(OCc4ccc5c(c4)OCO5)c(OC)c3)c(=O)n2[C@H]1c1ccc(OC(C)C)cc1. The predicted octanol–water partition coefficient (Wildman–Crippen LogP) is 4.90. The molecule has 6 rings (SSSR count). The minimum Gasteiger partial charge on any atom is -0.493 e. The zero-order chi connectivity index (χ0) is 32.4. The normalized spacial score (nSPS) is 15.4. The van der Waals surface area contributed by atoms with Gasteiger partial charge in [0.2, 0.25) is 6.79 Å². The van der Waals surface area contributed by atoms with Crippen LogP contribution in [0, 0.1) is 0 Å². The number of nitrogens with zero attached hydrogens (tertiary/aromatic N) is 2. The van der Waals surface area contributed by atoms with Gasteiger partial charge in [-0.15, -0.1) is 0 Å². The molecule has 0 amide bonds. The molecule has 0 radical (unpaired) electrons. The van der Waals surface area contributed by atoms with Crippen LogP contribution in [0.1, 0.15) is 50.4 Å². The summed E-state index contributed by atoms with van der Waals surface area (Å²) in [6, 6.07) is 17.8. The van der Waals surface area contributed by atoms with E-state index in [4.69, 9.17) is 28.4 Å². The number of carbonyl (C=O) groups excluding carboxylic acids is 1. The number of benzene rings is 3. The van der Waals surface area contributed by atoms with Crippen LogP contribution in [0.2, 0.25) is 0 Å². The second-order valence-electron chi connectivity index (χ2n) is 10.9. The van der Waals surface area contributed by atoms with E-state index in [1.807, 2.05) is 68.4 Å². The van der Waals surface area contributed by atoms with E-state index < -0.39 is 12.0 Å². The second-order valence-corrected chi connectivity index (χ2v) is 11.9. The maximum absolute atomic E-state index is 14.0. The van der Waals surface area contributed by atoms with Gasteiger partial charge in [-0.25, -0.2) is 9.79 Å². The first-order valence-electron chi connectivity index (χ1n) is 14.9. The molecule has 0 bridgehead atoms. The first-order valence-corrected chi connectivity index (χ1v) is 15.7. The molecule has 2 aliphatic rings. The van der Waals surface area contributed by atoms with Crippen molar-refractivity contribution in [3.63, 3.8) is 0 Å². The van der Waals surface area contributed by atoms with Gasteiger partial charge in [0.25, 0.3) is 5.56 Å². The van der Waals surface area contributed by atoms with Gasteiger partial charge < -0.3 is 28.4 Å². The van der Waals surface area contributed by atoms with Crippen LogP contribution in [-0.4, -0.2) is 37.1 Å². The molecule has 0 unspecified atom stereocenters. The third kappa shape index (κ3) is 6.23. The van der Waals surface area contributed by atoms with Crippen LogP contribution in [0.4, 0.5) is 0 Å². The Morgan fingerprint density at radius 1 is 1.07 bits per heavy atom. The summed E-state index contributed by atoms with van der Waals surface area (Å²) < 4.78 is 35.8. The largest absolute Gasteiger partial charge is 0.493 e. The van der Waals surface area contributed by atoms with Crippen LogP contribution < -0.4 is 38.6 Å². The Balaban J connectivity index is 1.34. The summed E-state index contributed by atoms with van der Waals surface area (Å²) in [5.41, 5.74) is 2.96. The molecule has 0 N–H and O–H groups in total. The Morgan fingerprint density at radius 3 is 2.59 bits per heavy atom. The maximum Gasteiger partial charge on any atom is 0.338 e. The second kappa shape index (κ2) is 13.1. The number of methoxy groups -OCH3 is 1. The zero-order valence-electron chi connectivity index (χ0n) is 26.2. The molecule has 1 aromatic heterocycles. The van der Waals surface area contributed by atoms with E-state index in [0.717, 1.165) is 16.7 Å². The molecule has 0 saturated carbocycles. The van der Waals surface area contributed by atoms with E-state index in [2.05, 4.69) is 4.99 Å². The standard InChI is InChI=1S/C35H34N2O8S/c1-6-41-34(39)31-21(4)36-35-37(32(31)24-9-11-25(12-10-24)45-20(2)3)33(38)30(46-35)17-22-7-13-26(28(15-22)40-5)42-18-23-8-14-27-29(16-23)44-19-43-27/h7-17,20,32H,6,18-19H2,1-5H3/b30-17-/t32-/m0/s1. The van der Waals surface area contributed by atoms with Crippen molar-refractivity contribution >= 4 is 23.4 Å². The monoisotopic (exact) mass is 642 g/mol. The third-order valence-corrected chi connectivity index (χ3v) is 8.38. The fourth-order valence-electron chi connectivity index (χ4n) is 5.34. The number of hydrogen-bond acceptors (Lipinski definition) is 10. The number of hydrogen-bond donors (Lipinski definition) is 0. The number of allylic oxidation sites excluding steroid dienone is 1. The Morgan fingerprint density at radius 2 is 1.85 bits per heavy atom. The van der Waals surface area contributed by atoms with Gasteiger partial charge in [-0.3, -0.25) is 9.36 Å². The first-order chi connectivity index (χ1) is 22.2. The number of carbonyl (C=O) groups is 1. The van der Waals surface area contributed by atoms with Crippen LogP contribution in [0.5, 0.6) is 28.7 Å². The Kier molecular flexibility index (Phi) is 8.85. The topological polar surface area (TPSA) is 107 Å². The van der Waals surface area contributed by atoms with Crippen molar-refractivity contribution in [2.75, 3.05) is 20.5 Å². The molecule has 1 atom stereocenters. The highest BCUT2D eigenvalue weighted by molar-refractivity contribution is 7.07. The summed E-state index contributed by atoms with van der Waals surface area (Å²) in [4.78, 5) is 32.4. The lowest BCUT2D eigenvalue weighted by Gasteiger charge is -2.25. The fraction of sp³-hybridized carbons (Fsp3) is 0.286. The average molecular weight is 643 g/mol. The maximum atomic E-state index is 14.0. The molecule has 2 aliphatic heterocycles. The average Bonchev–Trinajstić information content (AvgIpc) is 3.63. The quantitative estimate of drug-likeness (QED) is 0.225. The number of esters is 1. The van der Waals surface area contributed by atoms with E-state index in [9.17, 15) is 9.59 Å². The van der Waals surface area contributed by atoms with E-state index in [1.54, 1.807) is 37.7 Å². The number of aromatic nitrogens is 1. The van der Waals surface area contributed by atoms with Crippen molar-refractivity contribution in [2.45, 2.75) is 46.4 Å². The molecule has 0 fully saturated rings. The molecule has 11 heteroatoms. The van der Waals surface area contributed by atoms with Gasteiger partial charge in [-0.2, -0.15) is 0 Å². The number of ether oxygens (including phenoxy) is 6. The highest BCUT2D eigenvalue weighted by atomic mass is 32.1. The number of fused-ring (bicyclic) bond motifs is 2. The summed E-state index contributed by atoms with van der Waals surface area (Å²) >= 11 is 1.26. The molecule has 0 spiro atoms. The predicted molar refractivity (Wildman–Crippen MR) is 172 cm³/mol. The van der Waals surface area contributed by atoms with E-state index in [-0.39, 0.29) is 25.1 Å². The van der Waals surface area contributed by atoms with Crippen LogP contribution in [0.15, 0.2) is 81.7 Å². The van der Waals surface area contributed by atoms with Gasteiger partial charge in [0.05, 0.1) is 41.7 Å². The molecule has 238 valence electrons. The van der Waals surface area contributed by atoms with Gasteiger partial charge in [-0.05, 0) is 86.9 Å². The van der Waals surface area contributed by atoms with Crippen molar-refractivity contribution in [1.82, 2.24) is 4.57 Å². The van der Waals surface area contributed by atoms with Gasteiger partial charge in [0.1, 0.15) is 12.4 Å². The van der Waals surface area contributed by atoms with Crippen LogP contribution in [0.25, 0.3) is 6.08 Å². The summed E-state index contributed by atoms with van der Waals surface area (Å²) in [6.07, 6.45) is 1.80. The van der Waals surface area contributed by atoms with Crippen molar-refractivity contribution in [3.8, 4) is 28.7 Å². The van der Waals surface area contributed by atoms with Crippen LogP contribution in [0.3, 0.4) is 0 Å².